The highest BCUT2D eigenvalue weighted by atomic mass is 32.2. The number of carbonyl (C=O) groups excluding carboxylic acids is 3. The lowest BCUT2D eigenvalue weighted by Crippen LogP contribution is -2.16. The molecule has 0 aliphatic rings. The lowest BCUT2D eigenvalue weighted by molar-refractivity contribution is -0.118. The van der Waals surface area contributed by atoms with Crippen molar-refractivity contribution >= 4 is 33.5 Å². The smallest absolute Gasteiger partial charge is 0.406 e. The predicted molar refractivity (Wildman–Crippen MR) is 110 cm³/mol. The molecule has 0 radical (unpaired) electrons. The number of methoxy groups -OCH3 is 1. The Morgan fingerprint density at radius 2 is 1.12 bits per heavy atom. The maximum atomic E-state index is 9.87. The Morgan fingerprint density at radius 1 is 0.917 bits per heavy atom. The number of ketones is 1. The summed E-state index contributed by atoms with van der Waals surface area (Å²) in [5.41, 5.74) is 0. The number of ether oxygens (including phenoxy) is 1. The Bertz CT molecular complexity index is 329. The van der Waals surface area contributed by atoms with Crippen molar-refractivity contribution in [3.05, 3.63) is 0 Å². The normalized spacial score (nSPS) is 7.50. The van der Waals surface area contributed by atoms with Crippen LogP contribution in [-0.2, 0) is 28.9 Å². The number of Topliss-reactive ketones (excluding diaryl/α,β-unsaturated/α-hetero) is 1. The highest BCUT2D eigenvalue weighted by molar-refractivity contribution is 7.82. The minimum atomic E-state index is -0.698. The number of amides is 2. The van der Waals surface area contributed by atoms with E-state index in [-0.39, 0.29) is 41.4 Å². The van der Waals surface area contributed by atoms with E-state index in [9.17, 15) is 18.6 Å². The van der Waals surface area contributed by atoms with Crippen LogP contribution in [0.4, 0.5) is 4.79 Å². The van der Waals surface area contributed by atoms with Crippen molar-refractivity contribution in [1.82, 2.24) is 10.6 Å². The lowest BCUT2D eigenvalue weighted by atomic mass is 10.6. The van der Waals surface area contributed by atoms with Crippen molar-refractivity contribution < 1.29 is 23.3 Å². The molecule has 8 heteroatoms. The largest absolute Gasteiger partial charge is 0.462 e. The quantitative estimate of drug-likeness (QED) is 0.500. The molecule has 0 saturated heterocycles. The molecule has 2 N–H and O–H groups in total. The molecule has 7 nitrogen and oxygen atoms in total. The average Bonchev–Trinajstić information content (AvgIpc) is 2.38. The van der Waals surface area contributed by atoms with Crippen LogP contribution < -0.4 is 10.6 Å². The van der Waals surface area contributed by atoms with Gasteiger partial charge in [0.2, 0.25) is 5.91 Å². The van der Waals surface area contributed by atoms with Crippen molar-refractivity contribution in [2.45, 2.75) is 57.4 Å². The number of rotatable bonds is 0. The van der Waals surface area contributed by atoms with E-state index in [0.29, 0.717) is 0 Å². The van der Waals surface area contributed by atoms with E-state index in [1.807, 2.05) is 0 Å². The molecule has 154 valence electrons. The van der Waals surface area contributed by atoms with Crippen molar-refractivity contribution in [3.63, 3.8) is 0 Å². The minimum Gasteiger partial charge on any atom is -0.462 e. The van der Waals surface area contributed by atoms with E-state index >= 15 is 0 Å². The van der Waals surface area contributed by atoms with Gasteiger partial charge in [-0.25, -0.2) is 4.79 Å². The first kappa shape index (κ1) is 49.5. The zero-order chi connectivity index (χ0) is 17.1. The van der Waals surface area contributed by atoms with Crippen LogP contribution in [0, 0.1) is 0 Å². The molecular weight excluding hydrogens is 332 g/mol. The van der Waals surface area contributed by atoms with E-state index < -0.39 is 16.5 Å². The van der Waals surface area contributed by atoms with Gasteiger partial charge in [-0.1, -0.05) is 36.6 Å². The number of alkyl carbamates (subject to hydrolysis) is 1. The van der Waals surface area contributed by atoms with Gasteiger partial charge in [0.05, 0.1) is 7.11 Å². The van der Waals surface area contributed by atoms with Crippen molar-refractivity contribution in [1.29, 1.82) is 0 Å². The lowest BCUT2D eigenvalue weighted by Gasteiger charge is -1.90. The van der Waals surface area contributed by atoms with Crippen molar-refractivity contribution in [2.24, 2.45) is 0 Å². The second-order valence-corrected chi connectivity index (χ2v) is 4.66. The molecule has 0 aromatic rings. The summed E-state index contributed by atoms with van der Waals surface area (Å²) in [6, 6.07) is 0. The van der Waals surface area contributed by atoms with Crippen LogP contribution in [0.1, 0.15) is 57.4 Å². The summed E-state index contributed by atoms with van der Waals surface area (Å²) in [4.78, 5) is 29.0. The fourth-order valence-electron chi connectivity index (χ4n) is 0.102. The zero-order valence-electron chi connectivity index (χ0n) is 13.5. The molecule has 0 rings (SSSR count). The van der Waals surface area contributed by atoms with Crippen LogP contribution in [0.3, 0.4) is 0 Å². The van der Waals surface area contributed by atoms with Crippen LogP contribution in [0.5, 0.6) is 0 Å². The zero-order valence-corrected chi connectivity index (χ0v) is 14.3. The van der Waals surface area contributed by atoms with Gasteiger partial charge in [-0.15, -0.1) is 6.26 Å². The van der Waals surface area contributed by atoms with Crippen LogP contribution >= 0.6 is 0 Å². The summed E-state index contributed by atoms with van der Waals surface area (Å²) in [6.07, 6.45) is 1.23. The second kappa shape index (κ2) is 43.0. The van der Waals surface area contributed by atoms with Gasteiger partial charge >= 0.3 is 6.09 Å². The summed E-state index contributed by atoms with van der Waals surface area (Å²) >= 11 is 0. The van der Waals surface area contributed by atoms with Gasteiger partial charge in [0.25, 0.3) is 0 Å². The van der Waals surface area contributed by atoms with E-state index in [4.69, 9.17) is 0 Å². The minimum absolute atomic E-state index is 0. The van der Waals surface area contributed by atoms with Gasteiger partial charge in [-0.3, -0.25) is 15.2 Å². The molecule has 24 heavy (non-hydrogen) atoms. The highest BCUT2D eigenvalue weighted by Gasteiger charge is 1.85. The molecule has 0 atom stereocenters. The molecule has 0 saturated carbocycles. The second-order valence-electron chi connectivity index (χ2n) is 3.19. The summed E-state index contributed by atoms with van der Waals surface area (Å²) in [5.74, 6) is 0.171. The first-order valence-electron chi connectivity index (χ1n) is 5.61. The van der Waals surface area contributed by atoms with Gasteiger partial charge < -0.3 is 24.4 Å². The molecular formula is C16H43N2O5S-. The average molecular weight is 376 g/mol. The van der Waals surface area contributed by atoms with Crippen LogP contribution in [0.2, 0.25) is 0 Å². The van der Waals surface area contributed by atoms with Gasteiger partial charge in [0.1, 0.15) is 5.78 Å². The van der Waals surface area contributed by atoms with E-state index in [0.717, 1.165) is 0 Å². The fourth-order valence-corrected chi connectivity index (χ4v) is 0.102. The number of hydrogen-bond donors (Lipinski definition) is 2. The standard InChI is InChI=1S/C3H7NO2.C3H7NO.C3H7OS.C3H6O.4CH4/c1-4-3(5)6-2;1-3(5)4-2;1-3-5(2)4;1-3(2)4;;;;/h1-2H3,(H,4,5);1-2H3,(H,4,5);3H,1-2H3;1-2H3;4*1H4/q;;-1;;;;;. The molecule has 0 aliphatic heterocycles. The third-order valence-electron chi connectivity index (χ3n) is 1.07. The third-order valence-corrected chi connectivity index (χ3v) is 1.74. The topological polar surface area (TPSA) is 102 Å². The number of carbonyl (C=O) groups is 3. The van der Waals surface area contributed by atoms with Crippen molar-refractivity contribution in [2.75, 3.05) is 27.5 Å². The summed E-state index contributed by atoms with van der Waals surface area (Å²) in [7, 11) is 3.73. The maximum Gasteiger partial charge on any atom is 0.406 e. The summed E-state index contributed by atoms with van der Waals surface area (Å²) in [6.45, 7) is 6.30. The summed E-state index contributed by atoms with van der Waals surface area (Å²) in [5, 5.41) is 6.28. The monoisotopic (exact) mass is 375 g/mol. The van der Waals surface area contributed by atoms with E-state index in [1.54, 1.807) is 25.6 Å². The van der Waals surface area contributed by atoms with Gasteiger partial charge in [-0.05, 0) is 13.8 Å². The van der Waals surface area contributed by atoms with Gasteiger partial charge in [-0.2, -0.15) is 5.37 Å². The van der Waals surface area contributed by atoms with Crippen LogP contribution in [0.15, 0.2) is 0 Å². The Labute approximate surface area is 153 Å². The Kier molecular flexibility index (Phi) is 88.5. The number of hydrogen-bond acceptors (Lipinski definition) is 6. The molecule has 0 aliphatic carbocycles. The van der Waals surface area contributed by atoms with Gasteiger partial charge in [0, 0.05) is 21.0 Å². The molecule has 2 amide bonds. The SMILES string of the molecule is C.C.C.C.CC(C)=O.CC=[S-](C)=O.CNC(=O)OC.CNC(C)=O. The third kappa shape index (κ3) is 187. The molecule has 0 fully saturated rings. The number of nitrogens with one attached hydrogen (secondary N) is 2. The van der Waals surface area contributed by atoms with Crippen LogP contribution in [0.25, 0.3) is 0 Å². The Hall–Kier alpha value is -1.57. The molecule has 0 spiro atoms. The van der Waals surface area contributed by atoms with E-state index in [1.165, 1.54) is 34.9 Å². The Morgan fingerprint density at radius 3 is 1.12 bits per heavy atom. The molecule has 0 aromatic carbocycles. The summed E-state index contributed by atoms with van der Waals surface area (Å²) < 4.78 is 14.0. The van der Waals surface area contributed by atoms with E-state index in [2.05, 4.69) is 15.4 Å². The van der Waals surface area contributed by atoms with Crippen molar-refractivity contribution in [3.8, 4) is 0 Å². The van der Waals surface area contributed by atoms with Crippen LogP contribution in [-0.4, -0.2) is 50.6 Å². The molecule has 0 bridgehead atoms. The van der Waals surface area contributed by atoms with Gasteiger partial charge in [0.15, 0.2) is 0 Å². The predicted octanol–water partition coefficient (Wildman–Crippen LogP) is 3.27. The Balaban J connectivity index is -0.0000000226. The highest BCUT2D eigenvalue weighted by Crippen LogP contribution is 1.62. The maximum absolute atomic E-state index is 9.87. The molecule has 0 unspecified atom stereocenters. The first-order valence-corrected chi connectivity index (χ1v) is 7.23. The molecule has 0 heterocycles. The first-order chi connectivity index (χ1) is 9.08. The molecule has 0 aromatic heterocycles. The fraction of sp³-hybridized carbons (Fsp3) is 0.750.